The van der Waals surface area contributed by atoms with Crippen molar-refractivity contribution in [3.63, 3.8) is 0 Å². The van der Waals surface area contributed by atoms with Crippen molar-refractivity contribution in [2.75, 3.05) is 25.0 Å². The SMILES string of the molecule is Cc1ccn(CC2CCCNC2)c(=O)c1C(=O)Nc1ccc2c(c1)C(=O)NCC2.Cl. The zero-order valence-electron chi connectivity index (χ0n) is 17.0. The standard InChI is InChI=1S/C22H26N4O3.ClH/c1-14-7-10-26(13-15-3-2-8-23-12-15)22(29)19(14)21(28)25-17-5-4-16-6-9-24-20(27)18(16)11-17;/h4-5,7,10-11,15,23H,2-3,6,8-9,12-13H2,1H3,(H,24,27)(H,25,28);1H. The second-order valence-electron chi connectivity index (χ2n) is 7.88. The molecule has 30 heavy (non-hydrogen) atoms. The lowest BCUT2D eigenvalue weighted by molar-refractivity contribution is 0.0944. The summed E-state index contributed by atoms with van der Waals surface area (Å²) in [7, 11) is 0. The fourth-order valence-electron chi connectivity index (χ4n) is 4.13. The van der Waals surface area contributed by atoms with Gasteiger partial charge in [-0.3, -0.25) is 14.4 Å². The van der Waals surface area contributed by atoms with Gasteiger partial charge in [-0.05, 0) is 74.5 Å². The maximum atomic E-state index is 13.0. The van der Waals surface area contributed by atoms with E-state index in [1.54, 1.807) is 29.8 Å². The second-order valence-corrected chi connectivity index (χ2v) is 7.88. The zero-order valence-corrected chi connectivity index (χ0v) is 17.8. The highest BCUT2D eigenvalue weighted by atomic mass is 35.5. The van der Waals surface area contributed by atoms with Crippen molar-refractivity contribution in [2.24, 2.45) is 5.92 Å². The third-order valence-electron chi connectivity index (χ3n) is 5.75. The van der Waals surface area contributed by atoms with Crippen molar-refractivity contribution in [1.82, 2.24) is 15.2 Å². The quantitative estimate of drug-likeness (QED) is 0.692. The molecule has 1 fully saturated rings. The van der Waals surface area contributed by atoms with Crippen LogP contribution in [0.4, 0.5) is 5.69 Å². The largest absolute Gasteiger partial charge is 0.352 e. The van der Waals surface area contributed by atoms with Crippen molar-refractivity contribution in [2.45, 2.75) is 32.7 Å². The molecule has 0 saturated carbocycles. The van der Waals surface area contributed by atoms with E-state index in [1.165, 1.54) is 0 Å². The number of fused-ring (bicyclic) bond motifs is 1. The van der Waals surface area contributed by atoms with Crippen LogP contribution in [0.2, 0.25) is 0 Å². The molecular formula is C22H27ClN4O3. The lowest BCUT2D eigenvalue weighted by Crippen LogP contribution is -2.36. The van der Waals surface area contributed by atoms with Crippen LogP contribution >= 0.6 is 12.4 Å². The molecule has 0 bridgehead atoms. The van der Waals surface area contributed by atoms with E-state index < -0.39 is 5.91 Å². The third kappa shape index (κ3) is 4.57. The summed E-state index contributed by atoms with van der Waals surface area (Å²) in [5, 5.41) is 8.96. The van der Waals surface area contributed by atoms with E-state index in [1.807, 2.05) is 12.1 Å². The Labute approximate surface area is 181 Å². The molecule has 2 amide bonds. The number of nitrogens with one attached hydrogen (secondary N) is 3. The summed E-state index contributed by atoms with van der Waals surface area (Å²) in [5.41, 5.74) is 2.56. The molecule has 0 radical (unpaired) electrons. The Morgan fingerprint density at radius 3 is 2.83 bits per heavy atom. The van der Waals surface area contributed by atoms with Crippen LogP contribution in [0.25, 0.3) is 0 Å². The van der Waals surface area contributed by atoms with Crippen molar-refractivity contribution in [3.05, 3.63) is 63.1 Å². The number of hydrogen-bond acceptors (Lipinski definition) is 4. The number of carbonyl (C=O) groups is 2. The summed E-state index contributed by atoms with van der Waals surface area (Å²) in [4.78, 5) is 38.0. The summed E-state index contributed by atoms with van der Waals surface area (Å²) in [5.74, 6) is -0.194. The molecule has 160 valence electrons. The van der Waals surface area contributed by atoms with Gasteiger partial charge in [-0.2, -0.15) is 0 Å². The van der Waals surface area contributed by atoms with Gasteiger partial charge in [-0.1, -0.05) is 6.07 Å². The normalized spacial score (nSPS) is 18.0. The van der Waals surface area contributed by atoms with Crippen molar-refractivity contribution < 1.29 is 9.59 Å². The molecule has 4 rings (SSSR count). The van der Waals surface area contributed by atoms with Gasteiger partial charge in [0, 0.05) is 30.5 Å². The van der Waals surface area contributed by atoms with Crippen LogP contribution in [0, 0.1) is 12.8 Å². The van der Waals surface area contributed by atoms with E-state index in [9.17, 15) is 14.4 Å². The van der Waals surface area contributed by atoms with Crippen molar-refractivity contribution in [1.29, 1.82) is 0 Å². The molecule has 1 unspecified atom stereocenters. The smallest absolute Gasteiger partial charge is 0.263 e. The Kier molecular flexibility index (Phi) is 6.95. The summed E-state index contributed by atoms with van der Waals surface area (Å²) in [6, 6.07) is 7.12. The van der Waals surface area contributed by atoms with Crippen LogP contribution in [-0.4, -0.2) is 36.0 Å². The Hall–Kier alpha value is -2.64. The van der Waals surface area contributed by atoms with Gasteiger partial charge in [0.25, 0.3) is 17.4 Å². The number of anilines is 1. The van der Waals surface area contributed by atoms with Crippen molar-refractivity contribution in [3.8, 4) is 0 Å². The van der Waals surface area contributed by atoms with E-state index in [4.69, 9.17) is 0 Å². The first kappa shape index (κ1) is 22.1. The minimum absolute atomic E-state index is 0. The number of aryl methyl sites for hydroxylation is 1. The summed E-state index contributed by atoms with van der Waals surface area (Å²) < 4.78 is 1.64. The van der Waals surface area contributed by atoms with E-state index >= 15 is 0 Å². The predicted molar refractivity (Wildman–Crippen MR) is 119 cm³/mol. The first-order valence-electron chi connectivity index (χ1n) is 10.2. The maximum Gasteiger partial charge on any atom is 0.263 e. The first-order chi connectivity index (χ1) is 14.0. The molecule has 3 heterocycles. The highest BCUT2D eigenvalue weighted by molar-refractivity contribution is 6.06. The fraction of sp³-hybridized carbons (Fsp3) is 0.409. The minimum Gasteiger partial charge on any atom is -0.352 e. The summed E-state index contributed by atoms with van der Waals surface area (Å²) >= 11 is 0. The fourth-order valence-corrected chi connectivity index (χ4v) is 4.13. The van der Waals surface area contributed by atoms with Crippen LogP contribution in [0.3, 0.4) is 0 Å². The van der Waals surface area contributed by atoms with E-state index in [2.05, 4.69) is 16.0 Å². The Morgan fingerprint density at radius 1 is 1.23 bits per heavy atom. The molecule has 1 saturated heterocycles. The minimum atomic E-state index is -0.445. The highest BCUT2D eigenvalue weighted by Gasteiger charge is 2.21. The highest BCUT2D eigenvalue weighted by Crippen LogP contribution is 2.20. The van der Waals surface area contributed by atoms with Gasteiger partial charge in [0.15, 0.2) is 0 Å². The van der Waals surface area contributed by atoms with E-state index in [-0.39, 0.29) is 29.4 Å². The van der Waals surface area contributed by atoms with Crippen molar-refractivity contribution >= 4 is 29.9 Å². The van der Waals surface area contributed by atoms with E-state index in [0.717, 1.165) is 37.9 Å². The number of amides is 2. The predicted octanol–water partition coefficient (Wildman–Crippen LogP) is 2.12. The molecule has 2 aliphatic heterocycles. The second kappa shape index (κ2) is 9.45. The molecule has 1 atom stereocenters. The average Bonchev–Trinajstić information content (AvgIpc) is 2.72. The van der Waals surface area contributed by atoms with Crippen LogP contribution in [0.15, 0.2) is 35.3 Å². The number of pyridine rings is 1. The monoisotopic (exact) mass is 430 g/mol. The van der Waals surface area contributed by atoms with Crippen LogP contribution in [0.5, 0.6) is 0 Å². The Bertz CT molecular complexity index is 1010. The van der Waals surface area contributed by atoms with Gasteiger partial charge in [0.05, 0.1) is 0 Å². The lowest BCUT2D eigenvalue weighted by atomic mass is 9.99. The third-order valence-corrected chi connectivity index (χ3v) is 5.75. The molecule has 0 spiro atoms. The van der Waals surface area contributed by atoms with Gasteiger partial charge in [-0.15, -0.1) is 12.4 Å². The maximum absolute atomic E-state index is 13.0. The molecule has 1 aromatic carbocycles. The number of aromatic nitrogens is 1. The van der Waals surface area contributed by atoms with Gasteiger partial charge in [0.2, 0.25) is 0 Å². The molecule has 0 aliphatic carbocycles. The Balaban J connectivity index is 0.00000256. The summed E-state index contributed by atoms with van der Waals surface area (Å²) in [6.07, 6.45) is 4.72. The van der Waals surface area contributed by atoms with Gasteiger partial charge in [-0.25, -0.2) is 0 Å². The van der Waals surface area contributed by atoms with Gasteiger partial charge < -0.3 is 20.5 Å². The number of nitrogens with zero attached hydrogens (tertiary/aromatic N) is 1. The lowest BCUT2D eigenvalue weighted by Gasteiger charge is -2.23. The number of halogens is 1. The van der Waals surface area contributed by atoms with E-state index in [0.29, 0.717) is 35.8 Å². The molecular weight excluding hydrogens is 404 g/mol. The molecule has 7 nitrogen and oxygen atoms in total. The Morgan fingerprint density at radius 2 is 2.07 bits per heavy atom. The molecule has 2 aromatic rings. The van der Waals surface area contributed by atoms with Crippen LogP contribution < -0.4 is 21.5 Å². The first-order valence-corrected chi connectivity index (χ1v) is 10.2. The molecule has 3 N–H and O–H groups in total. The van der Waals surface area contributed by atoms with Crippen LogP contribution in [-0.2, 0) is 13.0 Å². The molecule has 1 aromatic heterocycles. The molecule has 2 aliphatic rings. The topological polar surface area (TPSA) is 92.2 Å². The average molecular weight is 431 g/mol. The number of hydrogen-bond donors (Lipinski definition) is 3. The number of carbonyl (C=O) groups excluding carboxylic acids is 2. The summed E-state index contributed by atoms with van der Waals surface area (Å²) in [6.45, 7) is 4.90. The van der Waals surface area contributed by atoms with Gasteiger partial charge >= 0.3 is 0 Å². The van der Waals surface area contributed by atoms with Crippen LogP contribution in [0.1, 0.15) is 44.7 Å². The number of piperidine rings is 1. The number of benzene rings is 1. The number of rotatable bonds is 4. The molecule has 8 heteroatoms. The zero-order chi connectivity index (χ0) is 20.4. The van der Waals surface area contributed by atoms with Gasteiger partial charge in [0.1, 0.15) is 5.56 Å².